The highest BCUT2D eigenvalue weighted by Gasteiger charge is 2.22. The summed E-state index contributed by atoms with van der Waals surface area (Å²) >= 11 is 5.69. The van der Waals surface area contributed by atoms with Crippen LogP contribution < -0.4 is 0 Å². The topological polar surface area (TPSA) is 9.86 Å². The minimum Gasteiger partial charge on any atom is -0.309 e. The number of thiophene rings is 3. The molecule has 0 fully saturated rings. The molecule has 15 aromatic rings. The van der Waals surface area contributed by atoms with Gasteiger partial charge in [0, 0.05) is 94.1 Å². The van der Waals surface area contributed by atoms with Crippen molar-refractivity contribution >= 4 is 118 Å². The Hall–Kier alpha value is -8.06. The molecule has 10 aromatic carbocycles. The molecule has 5 heteroatoms. The van der Waals surface area contributed by atoms with Gasteiger partial charge in [-0.3, -0.25) is 0 Å². The molecule has 15 rings (SSSR count). The Labute approximate surface area is 409 Å². The summed E-state index contributed by atoms with van der Waals surface area (Å²) in [6, 6.07) is 85.5. The van der Waals surface area contributed by atoms with Crippen molar-refractivity contribution in [2.75, 3.05) is 0 Å². The van der Waals surface area contributed by atoms with Crippen molar-refractivity contribution in [3.63, 3.8) is 0 Å². The van der Waals surface area contributed by atoms with Gasteiger partial charge in [-0.1, -0.05) is 133 Å². The molecule has 0 aliphatic carbocycles. The van der Waals surface area contributed by atoms with Crippen LogP contribution >= 0.6 is 34.0 Å². The van der Waals surface area contributed by atoms with Gasteiger partial charge in [-0.2, -0.15) is 0 Å². The van der Waals surface area contributed by atoms with Crippen LogP contribution in [0.4, 0.5) is 0 Å². The van der Waals surface area contributed by atoms with E-state index in [-0.39, 0.29) is 0 Å². The van der Waals surface area contributed by atoms with Crippen molar-refractivity contribution in [1.29, 1.82) is 0 Å². The number of hydrogen-bond acceptors (Lipinski definition) is 3. The van der Waals surface area contributed by atoms with Crippen molar-refractivity contribution in [1.82, 2.24) is 9.13 Å². The molecular formula is C64H38N2S3. The van der Waals surface area contributed by atoms with Gasteiger partial charge in [0.05, 0.1) is 22.1 Å². The van der Waals surface area contributed by atoms with E-state index in [2.05, 4.69) is 240 Å². The molecule has 69 heavy (non-hydrogen) atoms. The largest absolute Gasteiger partial charge is 0.309 e. The highest BCUT2D eigenvalue weighted by atomic mass is 32.1. The molecule has 322 valence electrons. The van der Waals surface area contributed by atoms with Gasteiger partial charge in [0.25, 0.3) is 0 Å². The fourth-order valence-corrected chi connectivity index (χ4v) is 14.6. The lowest BCUT2D eigenvalue weighted by Crippen LogP contribution is -1.92. The highest BCUT2D eigenvalue weighted by Crippen LogP contribution is 2.50. The summed E-state index contributed by atoms with van der Waals surface area (Å²) in [5.74, 6) is 0. The molecular weight excluding hydrogens is 893 g/mol. The minimum absolute atomic E-state index is 1.17. The standard InChI is InChI=1S/C64H38N2S3/c1-3-15-43(16-4-1)65-53-23-11-7-19-45(53)49-35-39(27-31-55(49)65)61-47-21-9-13-25-57(47)68-63(61)41-29-33-59-51(37-41)52-38-42(30-34-60(52)67-59)64-62(48-22-10-14-26-58(48)69-64)40-28-32-56-50(36-40)46-20-8-12-24-54(46)66(56)44-17-5-2-6-18-44/h1-38H. The van der Waals surface area contributed by atoms with Crippen LogP contribution in [0, 0.1) is 0 Å². The maximum Gasteiger partial charge on any atom is 0.0541 e. The van der Waals surface area contributed by atoms with Crippen LogP contribution in [0.1, 0.15) is 0 Å². The summed E-state index contributed by atoms with van der Waals surface area (Å²) in [7, 11) is 0. The third-order valence-electron chi connectivity index (χ3n) is 14.1. The van der Waals surface area contributed by atoms with Gasteiger partial charge in [0.1, 0.15) is 0 Å². The van der Waals surface area contributed by atoms with Crippen LogP contribution in [0.3, 0.4) is 0 Å². The van der Waals surface area contributed by atoms with E-state index < -0.39 is 0 Å². The Kier molecular flexibility index (Phi) is 8.60. The van der Waals surface area contributed by atoms with E-state index in [4.69, 9.17) is 0 Å². The first-order valence-electron chi connectivity index (χ1n) is 23.4. The lowest BCUT2D eigenvalue weighted by atomic mass is 9.96. The first-order chi connectivity index (χ1) is 34.2. The molecule has 0 aliphatic rings. The smallest absolute Gasteiger partial charge is 0.0541 e. The number of para-hydroxylation sites is 4. The van der Waals surface area contributed by atoms with Gasteiger partial charge >= 0.3 is 0 Å². The van der Waals surface area contributed by atoms with Gasteiger partial charge in [-0.05, 0) is 119 Å². The second kappa shape index (κ2) is 15.2. The molecule has 5 aromatic heterocycles. The monoisotopic (exact) mass is 930 g/mol. The number of hydrogen-bond donors (Lipinski definition) is 0. The molecule has 0 aliphatic heterocycles. The Balaban J connectivity index is 0.893. The highest BCUT2D eigenvalue weighted by molar-refractivity contribution is 7.26. The van der Waals surface area contributed by atoms with Gasteiger partial charge in [0.2, 0.25) is 0 Å². The number of fused-ring (bicyclic) bond motifs is 11. The number of aromatic nitrogens is 2. The fourth-order valence-electron chi connectivity index (χ4n) is 11.1. The van der Waals surface area contributed by atoms with E-state index in [1.165, 1.54) is 138 Å². The normalized spacial score (nSPS) is 12.1. The van der Waals surface area contributed by atoms with Crippen LogP contribution in [-0.4, -0.2) is 9.13 Å². The summed E-state index contributed by atoms with van der Waals surface area (Å²) in [4.78, 5) is 2.60. The van der Waals surface area contributed by atoms with E-state index >= 15 is 0 Å². The third kappa shape index (κ3) is 5.95. The van der Waals surface area contributed by atoms with Crippen LogP contribution in [0.15, 0.2) is 231 Å². The molecule has 0 saturated carbocycles. The average Bonchev–Trinajstić information content (AvgIpc) is 4.23. The third-order valence-corrected chi connectivity index (χ3v) is 17.7. The summed E-state index contributed by atoms with van der Waals surface area (Å²) in [6.07, 6.45) is 0. The van der Waals surface area contributed by atoms with Crippen molar-refractivity contribution in [3.05, 3.63) is 231 Å². The predicted octanol–water partition coefficient (Wildman–Crippen LogP) is 19.3. The fraction of sp³-hybridized carbons (Fsp3) is 0. The molecule has 0 amide bonds. The van der Waals surface area contributed by atoms with Crippen molar-refractivity contribution < 1.29 is 0 Å². The van der Waals surface area contributed by atoms with E-state index in [9.17, 15) is 0 Å². The van der Waals surface area contributed by atoms with Crippen molar-refractivity contribution in [2.45, 2.75) is 0 Å². The molecule has 0 unspecified atom stereocenters. The zero-order valence-corrected chi connectivity index (χ0v) is 39.5. The van der Waals surface area contributed by atoms with Gasteiger partial charge in [0.15, 0.2) is 0 Å². The SMILES string of the molecule is c1ccc(-n2c3ccccc3c3cc(-c4c(-c5ccc6sc7ccc(-c8sc9ccccc9c8-c8ccc9c(c8)c8ccccc8n9-c8ccccc8)cc7c6c5)sc5ccccc45)ccc32)cc1. The molecule has 0 atom stereocenters. The molecule has 5 heterocycles. The number of rotatable bonds is 6. The lowest BCUT2D eigenvalue weighted by Gasteiger charge is -2.10. The lowest BCUT2D eigenvalue weighted by molar-refractivity contribution is 1.18. The Morgan fingerprint density at radius 2 is 0.580 bits per heavy atom. The predicted molar refractivity (Wildman–Crippen MR) is 301 cm³/mol. The summed E-state index contributed by atoms with van der Waals surface area (Å²) in [5.41, 5.74) is 14.8. The second-order valence-corrected chi connectivity index (χ2v) is 21.2. The molecule has 2 nitrogen and oxygen atoms in total. The molecule has 0 radical (unpaired) electrons. The summed E-state index contributed by atoms with van der Waals surface area (Å²) < 4.78 is 10.0. The first-order valence-corrected chi connectivity index (χ1v) is 25.8. The Morgan fingerprint density at radius 1 is 0.232 bits per heavy atom. The summed E-state index contributed by atoms with van der Waals surface area (Å²) in [6.45, 7) is 0. The summed E-state index contributed by atoms with van der Waals surface area (Å²) in [5, 5.41) is 10.2. The molecule has 0 bridgehead atoms. The van der Waals surface area contributed by atoms with E-state index in [1.54, 1.807) is 0 Å². The van der Waals surface area contributed by atoms with Crippen molar-refractivity contribution in [2.24, 2.45) is 0 Å². The maximum atomic E-state index is 2.47. The zero-order chi connectivity index (χ0) is 45.2. The average molecular weight is 931 g/mol. The van der Waals surface area contributed by atoms with Gasteiger partial charge < -0.3 is 9.13 Å². The maximum absolute atomic E-state index is 2.47. The van der Waals surface area contributed by atoms with Crippen LogP contribution in [0.25, 0.3) is 138 Å². The van der Waals surface area contributed by atoms with Gasteiger partial charge in [-0.15, -0.1) is 34.0 Å². The number of benzene rings is 10. The van der Waals surface area contributed by atoms with Gasteiger partial charge in [-0.25, -0.2) is 0 Å². The van der Waals surface area contributed by atoms with Crippen LogP contribution in [0.2, 0.25) is 0 Å². The van der Waals surface area contributed by atoms with E-state index in [0.29, 0.717) is 0 Å². The van der Waals surface area contributed by atoms with Crippen LogP contribution in [-0.2, 0) is 0 Å². The number of nitrogens with zero attached hydrogens (tertiary/aromatic N) is 2. The van der Waals surface area contributed by atoms with E-state index in [0.717, 1.165) is 0 Å². The van der Waals surface area contributed by atoms with E-state index in [1.807, 2.05) is 34.0 Å². The molecule has 0 spiro atoms. The molecule has 0 N–H and O–H groups in total. The minimum atomic E-state index is 1.17. The van der Waals surface area contributed by atoms with Crippen LogP contribution in [0.5, 0.6) is 0 Å². The van der Waals surface area contributed by atoms with Crippen molar-refractivity contribution in [3.8, 4) is 54.5 Å². The zero-order valence-electron chi connectivity index (χ0n) is 37.1. The second-order valence-electron chi connectivity index (χ2n) is 18.0. The Bertz CT molecular complexity index is 4250. The quantitative estimate of drug-likeness (QED) is 0.157. The Morgan fingerprint density at radius 3 is 1.04 bits per heavy atom. The molecule has 0 saturated heterocycles. The first kappa shape index (κ1) is 39.0.